The van der Waals surface area contributed by atoms with Crippen LogP contribution in [-0.2, 0) is 4.57 Å². The highest BCUT2D eigenvalue weighted by Gasteiger charge is 2.28. The van der Waals surface area contributed by atoms with E-state index in [0.29, 0.717) is 18.5 Å². The number of hydrogen-bond donors (Lipinski definition) is 2. The van der Waals surface area contributed by atoms with Gasteiger partial charge in [0.1, 0.15) is 0 Å². The van der Waals surface area contributed by atoms with Crippen molar-refractivity contribution in [1.29, 1.82) is 0 Å². The second-order valence-electron chi connectivity index (χ2n) is 5.09. The summed E-state index contributed by atoms with van der Waals surface area (Å²) in [7, 11) is -3.96. The summed E-state index contributed by atoms with van der Waals surface area (Å²) in [5.74, 6) is 0. The molecule has 18 heavy (non-hydrogen) atoms. The topological polar surface area (TPSA) is 57.5 Å². The van der Waals surface area contributed by atoms with Crippen LogP contribution in [0.5, 0.6) is 0 Å². The molecule has 0 aromatic carbocycles. The molecule has 0 spiro atoms. The van der Waals surface area contributed by atoms with Crippen LogP contribution in [0.15, 0.2) is 0 Å². The molecule has 1 radical (unpaired) electrons. The highest BCUT2D eigenvalue weighted by molar-refractivity contribution is 7.55. The van der Waals surface area contributed by atoms with Crippen molar-refractivity contribution in [2.24, 2.45) is 0 Å². The first-order valence-electron chi connectivity index (χ1n) is 7.43. The first-order chi connectivity index (χ1) is 8.52. The fraction of sp³-hybridized carbons (Fsp3) is 0.929. The molecule has 0 unspecified atom stereocenters. The van der Waals surface area contributed by atoms with E-state index < -0.39 is 7.60 Å². The van der Waals surface area contributed by atoms with E-state index in [0.717, 1.165) is 38.5 Å². The van der Waals surface area contributed by atoms with Crippen molar-refractivity contribution in [2.45, 2.75) is 84.5 Å². The van der Waals surface area contributed by atoms with Gasteiger partial charge in [-0.25, -0.2) is 0 Å². The molecule has 0 aliphatic rings. The van der Waals surface area contributed by atoms with Gasteiger partial charge in [-0.15, -0.1) is 0 Å². The molecule has 0 aromatic rings. The summed E-state index contributed by atoms with van der Waals surface area (Å²) in [5.41, 5.74) is 0.482. The first-order valence-corrected chi connectivity index (χ1v) is 9.04. The zero-order chi connectivity index (χ0) is 13.9. The first kappa shape index (κ1) is 18.1. The molecule has 3 nitrogen and oxygen atoms in total. The van der Waals surface area contributed by atoms with E-state index in [1.54, 1.807) is 0 Å². The van der Waals surface area contributed by atoms with E-state index in [1.807, 2.05) is 0 Å². The highest BCUT2D eigenvalue weighted by Crippen LogP contribution is 2.52. The molecule has 0 amide bonds. The molecule has 0 aromatic heterocycles. The molecule has 0 saturated heterocycles. The zero-order valence-electron chi connectivity index (χ0n) is 12.0. The lowest BCUT2D eigenvalue weighted by molar-refractivity contribution is 0.365. The molecule has 0 bridgehead atoms. The molecule has 0 saturated carbocycles. The van der Waals surface area contributed by atoms with E-state index in [-0.39, 0.29) is 0 Å². The quantitative estimate of drug-likeness (QED) is 0.388. The average Bonchev–Trinajstić information content (AvgIpc) is 2.30. The molecule has 0 atom stereocenters. The summed E-state index contributed by atoms with van der Waals surface area (Å²) in [6.45, 7) is 4.31. The number of unbranched alkanes of at least 4 members (excludes halogenated alkanes) is 7. The summed E-state index contributed by atoms with van der Waals surface area (Å²) < 4.78 is 11.4. The maximum atomic E-state index is 11.4. The van der Waals surface area contributed by atoms with E-state index >= 15 is 0 Å². The average molecular weight is 277 g/mol. The largest absolute Gasteiger partial charge is 0.332 e. The van der Waals surface area contributed by atoms with Crippen LogP contribution in [0.1, 0.15) is 84.5 Å². The van der Waals surface area contributed by atoms with Crippen LogP contribution in [0.3, 0.4) is 0 Å². The summed E-state index contributed by atoms with van der Waals surface area (Å²) >= 11 is 0. The second kappa shape index (κ2) is 11.0. The third kappa shape index (κ3) is 10.1. The molecule has 109 valence electrons. The molecule has 4 heteroatoms. The third-order valence-corrected chi connectivity index (χ3v) is 4.57. The van der Waals surface area contributed by atoms with Gasteiger partial charge < -0.3 is 9.79 Å². The Morgan fingerprint density at radius 2 is 1.17 bits per heavy atom. The van der Waals surface area contributed by atoms with Crippen LogP contribution in [0, 0.1) is 5.66 Å². The number of hydrogen-bond acceptors (Lipinski definition) is 1. The second-order valence-corrected chi connectivity index (χ2v) is 6.81. The Hall–Kier alpha value is 0.150. The minimum Gasteiger partial charge on any atom is -0.324 e. The Labute approximate surface area is 113 Å². The van der Waals surface area contributed by atoms with Gasteiger partial charge in [0.05, 0.1) is 5.66 Å². The third-order valence-electron chi connectivity index (χ3n) is 3.30. The monoisotopic (exact) mass is 277 g/mol. The van der Waals surface area contributed by atoms with Gasteiger partial charge in [0.2, 0.25) is 0 Å². The minimum atomic E-state index is -3.96. The van der Waals surface area contributed by atoms with Crippen molar-refractivity contribution in [3.63, 3.8) is 0 Å². The molecule has 0 aliphatic heterocycles. The normalized spacial score (nSPS) is 12.3. The van der Waals surface area contributed by atoms with Crippen molar-refractivity contribution in [2.75, 3.05) is 0 Å². The molecular weight excluding hydrogens is 247 g/mol. The van der Waals surface area contributed by atoms with Crippen LogP contribution in [0.2, 0.25) is 0 Å². The predicted molar refractivity (Wildman–Crippen MR) is 77.4 cm³/mol. The summed E-state index contributed by atoms with van der Waals surface area (Å²) in [5, 5.41) is 0. The smallest absolute Gasteiger partial charge is 0.324 e. The summed E-state index contributed by atoms with van der Waals surface area (Å²) in [6, 6.07) is 0. The molecule has 0 aliphatic carbocycles. The van der Waals surface area contributed by atoms with Crippen LogP contribution >= 0.6 is 7.60 Å². The van der Waals surface area contributed by atoms with Crippen LogP contribution in [-0.4, -0.2) is 9.79 Å². The van der Waals surface area contributed by atoms with Crippen molar-refractivity contribution in [3.8, 4) is 0 Å². The Kier molecular flexibility index (Phi) is 11.1. The van der Waals surface area contributed by atoms with Crippen molar-refractivity contribution < 1.29 is 14.4 Å². The van der Waals surface area contributed by atoms with Gasteiger partial charge in [-0.3, -0.25) is 4.57 Å². The zero-order valence-corrected chi connectivity index (χ0v) is 12.9. The maximum absolute atomic E-state index is 11.4. The van der Waals surface area contributed by atoms with Gasteiger partial charge in [0, 0.05) is 0 Å². The Balaban J connectivity index is 3.83. The van der Waals surface area contributed by atoms with Gasteiger partial charge in [0.15, 0.2) is 0 Å². The van der Waals surface area contributed by atoms with Crippen LogP contribution in [0.25, 0.3) is 0 Å². The van der Waals surface area contributed by atoms with E-state index in [4.69, 9.17) is 0 Å². The SMILES string of the molecule is CCCCCCC[C](CCCCCC)P(=O)(O)O. The fourth-order valence-electron chi connectivity index (χ4n) is 2.10. The standard InChI is InChI=1S/C14H30O3P/c1-3-5-7-9-11-13-14(18(15,16)17)12-10-8-6-4-2/h3-13H2,1-2H3,(H2,15,16,17). The van der Waals surface area contributed by atoms with Crippen LogP contribution < -0.4 is 0 Å². The van der Waals surface area contributed by atoms with Crippen molar-refractivity contribution in [1.82, 2.24) is 0 Å². The van der Waals surface area contributed by atoms with E-state index in [1.165, 1.54) is 19.3 Å². The van der Waals surface area contributed by atoms with Crippen molar-refractivity contribution >= 4 is 7.60 Å². The van der Waals surface area contributed by atoms with Gasteiger partial charge in [-0.1, -0.05) is 71.6 Å². The maximum Gasteiger partial charge on any atom is 0.332 e. The van der Waals surface area contributed by atoms with E-state index in [9.17, 15) is 14.4 Å². The predicted octanol–water partition coefficient (Wildman–Crippen LogP) is 5.03. The lowest BCUT2D eigenvalue weighted by atomic mass is 10.0. The van der Waals surface area contributed by atoms with Gasteiger partial charge >= 0.3 is 7.60 Å². The minimum absolute atomic E-state index is 0.482. The lowest BCUT2D eigenvalue weighted by Crippen LogP contribution is -1.99. The number of rotatable bonds is 12. The van der Waals surface area contributed by atoms with Gasteiger partial charge in [-0.05, 0) is 12.8 Å². The molecule has 0 heterocycles. The summed E-state index contributed by atoms with van der Waals surface area (Å²) in [4.78, 5) is 18.6. The lowest BCUT2D eigenvalue weighted by Gasteiger charge is -2.17. The molecule has 0 fully saturated rings. The summed E-state index contributed by atoms with van der Waals surface area (Å²) in [6.07, 6.45) is 11.2. The van der Waals surface area contributed by atoms with Crippen LogP contribution in [0.4, 0.5) is 0 Å². The fourth-order valence-corrected chi connectivity index (χ4v) is 3.00. The molecule has 0 rings (SSSR count). The Morgan fingerprint density at radius 3 is 1.56 bits per heavy atom. The van der Waals surface area contributed by atoms with Gasteiger partial charge in [-0.2, -0.15) is 0 Å². The Morgan fingerprint density at radius 1 is 0.778 bits per heavy atom. The highest BCUT2D eigenvalue weighted by atomic mass is 31.2. The molecular formula is C14H30O3P. The van der Waals surface area contributed by atoms with Crippen molar-refractivity contribution in [3.05, 3.63) is 5.66 Å². The van der Waals surface area contributed by atoms with Gasteiger partial charge in [0.25, 0.3) is 0 Å². The van der Waals surface area contributed by atoms with E-state index in [2.05, 4.69) is 13.8 Å². The Bertz CT molecular complexity index is 225. The molecule has 2 N–H and O–H groups in total.